The third-order valence-electron chi connectivity index (χ3n) is 3.87. The maximum atomic E-state index is 12.8. The van der Waals surface area contributed by atoms with E-state index in [4.69, 9.17) is 11.6 Å². The Morgan fingerprint density at radius 3 is 2.62 bits per heavy atom. The quantitative estimate of drug-likeness (QED) is 0.567. The number of benzene rings is 1. The van der Waals surface area contributed by atoms with Gasteiger partial charge in [-0.3, -0.25) is 4.79 Å². The number of aryl methyl sites for hydroxylation is 1. The summed E-state index contributed by atoms with van der Waals surface area (Å²) >= 11 is 5.99. The van der Waals surface area contributed by atoms with E-state index in [1.165, 1.54) is 0 Å². The lowest BCUT2D eigenvalue weighted by Crippen LogP contribution is -2.08. The third kappa shape index (κ3) is 4.75. The molecule has 29 heavy (non-hydrogen) atoms. The van der Waals surface area contributed by atoms with Gasteiger partial charge in [0.05, 0.1) is 22.6 Å². The second-order valence-electron chi connectivity index (χ2n) is 6.06. The maximum Gasteiger partial charge on any atom is 0.417 e. The van der Waals surface area contributed by atoms with E-state index in [1.54, 1.807) is 42.3 Å². The lowest BCUT2D eigenvalue weighted by molar-refractivity contribution is -0.137. The second kappa shape index (κ2) is 7.96. The fourth-order valence-electron chi connectivity index (χ4n) is 2.50. The van der Waals surface area contributed by atoms with Gasteiger partial charge >= 0.3 is 6.18 Å². The first kappa shape index (κ1) is 20.4. The van der Waals surface area contributed by atoms with Crippen LogP contribution < -0.4 is 10.6 Å². The highest BCUT2D eigenvalue weighted by molar-refractivity contribution is 6.33. The molecule has 0 fully saturated rings. The molecule has 150 valence electrons. The minimum absolute atomic E-state index is 0.0553. The molecule has 1 amide bonds. The van der Waals surface area contributed by atoms with Crippen LogP contribution in [0, 0.1) is 0 Å². The first-order valence-electron chi connectivity index (χ1n) is 8.23. The molecule has 3 aromatic rings. The Bertz CT molecular complexity index is 1080. The lowest BCUT2D eigenvalue weighted by Gasteiger charge is -2.14. The van der Waals surface area contributed by atoms with Crippen LogP contribution in [0.5, 0.6) is 0 Å². The number of carbonyl (C=O) groups excluding carboxylic acids is 1. The van der Waals surface area contributed by atoms with Crippen LogP contribution in [0.1, 0.15) is 5.56 Å². The zero-order valence-electron chi connectivity index (χ0n) is 15.1. The van der Waals surface area contributed by atoms with E-state index in [0.717, 1.165) is 12.1 Å². The number of alkyl halides is 3. The number of anilines is 3. The van der Waals surface area contributed by atoms with Gasteiger partial charge in [-0.1, -0.05) is 18.2 Å². The Morgan fingerprint density at radius 2 is 2.03 bits per heavy atom. The zero-order chi connectivity index (χ0) is 21.2. The van der Waals surface area contributed by atoms with Crippen molar-refractivity contribution in [2.75, 3.05) is 10.6 Å². The van der Waals surface area contributed by atoms with Gasteiger partial charge in [0, 0.05) is 36.4 Å². The van der Waals surface area contributed by atoms with Gasteiger partial charge in [0.2, 0.25) is 5.91 Å². The summed E-state index contributed by atoms with van der Waals surface area (Å²) in [4.78, 5) is 19.7. The number of carbonyl (C=O) groups is 1. The first-order chi connectivity index (χ1) is 13.7. The van der Waals surface area contributed by atoms with Crippen LogP contribution in [0.4, 0.5) is 30.4 Å². The van der Waals surface area contributed by atoms with Gasteiger partial charge < -0.3 is 15.2 Å². The fourth-order valence-corrected chi connectivity index (χ4v) is 2.71. The third-order valence-corrected chi connectivity index (χ3v) is 4.16. The second-order valence-corrected chi connectivity index (χ2v) is 6.46. The molecular weight excluding hydrogens is 407 g/mol. The van der Waals surface area contributed by atoms with Crippen molar-refractivity contribution in [3.05, 3.63) is 66.2 Å². The minimum atomic E-state index is -4.54. The van der Waals surface area contributed by atoms with Crippen molar-refractivity contribution in [1.82, 2.24) is 14.5 Å². The number of rotatable bonds is 5. The molecule has 1 aromatic carbocycles. The number of halogens is 4. The highest BCUT2D eigenvalue weighted by Crippen LogP contribution is 2.36. The summed E-state index contributed by atoms with van der Waals surface area (Å²) in [5.74, 6) is -0.329. The largest absolute Gasteiger partial charge is 0.417 e. The van der Waals surface area contributed by atoms with Crippen molar-refractivity contribution < 1.29 is 18.0 Å². The highest BCUT2D eigenvalue weighted by atomic mass is 35.5. The monoisotopic (exact) mass is 421 g/mol. The van der Waals surface area contributed by atoms with Crippen LogP contribution in [0.2, 0.25) is 5.02 Å². The summed E-state index contributed by atoms with van der Waals surface area (Å²) in [6, 6.07) is 5.73. The molecule has 0 atom stereocenters. The summed E-state index contributed by atoms with van der Waals surface area (Å²) in [6.07, 6.45) is 0.643. The van der Waals surface area contributed by atoms with Crippen molar-refractivity contribution >= 4 is 34.7 Å². The number of hydrogen-bond acceptors (Lipinski definition) is 4. The summed E-state index contributed by atoms with van der Waals surface area (Å²) in [5.41, 5.74) is 1.21. The Kier molecular flexibility index (Phi) is 5.60. The van der Waals surface area contributed by atoms with Crippen molar-refractivity contribution in [2.45, 2.75) is 6.18 Å². The van der Waals surface area contributed by atoms with E-state index in [9.17, 15) is 18.0 Å². The lowest BCUT2D eigenvalue weighted by atomic mass is 10.1. The van der Waals surface area contributed by atoms with Crippen molar-refractivity contribution in [1.29, 1.82) is 0 Å². The van der Waals surface area contributed by atoms with E-state index in [1.807, 2.05) is 0 Å². The van der Waals surface area contributed by atoms with E-state index in [0.29, 0.717) is 28.8 Å². The number of amides is 1. The van der Waals surface area contributed by atoms with Crippen LogP contribution in [-0.2, 0) is 18.0 Å². The molecule has 0 spiro atoms. The number of aromatic nitrogens is 3. The molecule has 3 rings (SSSR count). The standard InChI is InChI=1S/C19H15ClF3N5O/c1-3-17(29)26-12-4-5-15(13(7-12)16-9-28(2)10-25-16)27-18-14(20)6-11(8-24-18)19(21,22)23/h3-10H,1H2,2H3,(H,24,27)(H,26,29). The van der Waals surface area contributed by atoms with Gasteiger partial charge in [0.1, 0.15) is 5.82 Å². The summed E-state index contributed by atoms with van der Waals surface area (Å²) in [5, 5.41) is 5.39. The number of nitrogens with one attached hydrogen (secondary N) is 2. The maximum absolute atomic E-state index is 12.8. The smallest absolute Gasteiger partial charge is 0.340 e. The molecule has 2 N–H and O–H groups in total. The number of imidazole rings is 1. The van der Waals surface area contributed by atoms with Gasteiger partial charge in [-0.15, -0.1) is 0 Å². The topological polar surface area (TPSA) is 71.8 Å². The summed E-state index contributed by atoms with van der Waals surface area (Å²) in [7, 11) is 1.79. The molecule has 0 aliphatic heterocycles. The van der Waals surface area contributed by atoms with Crippen molar-refractivity contribution in [3.63, 3.8) is 0 Å². The summed E-state index contributed by atoms with van der Waals surface area (Å²) in [6.45, 7) is 3.41. The Labute approximate surface area is 169 Å². The zero-order valence-corrected chi connectivity index (χ0v) is 15.8. The van der Waals surface area contributed by atoms with E-state index in [-0.39, 0.29) is 16.7 Å². The molecule has 2 aromatic heterocycles. The predicted molar refractivity (Wildman–Crippen MR) is 105 cm³/mol. The van der Waals surface area contributed by atoms with E-state index in [2.05, 4.69) is 27.2 Å². The van der Waals surface area contributed by atoms with E-state index >= 15 is 0 Å². The molecule has 2 heterocycles. The van der Waals surface area contributed by atoms with Gasteiger partial charge in [0.15, 0.2) is 0 Å². The van der Waals surface area contributed by atoms with Gasteiger partial charge in [-0.25, -0.2) is 9.97 Å². The molecular formula is C19H15ClF3N5O. The Balaban J connectivity index is 2.00. The van der Waals surface area contributed by atoms with Crippen molar-refractivity contribution in [2.24, 2.45) is 7.05 Å². The van der Waals surface area contributed by atoms with Gasteiger partial charge in [-0.2, -0.15) is 13.2 Å². The van der Waals surface area contributed by atoms with E-state index < -0.39 is 11.7 Å². The molecule has 0 aliphatic rings. The average Bonchev–Trinajstić information content (AvgIpc) is 3.09. The van der Waals surface area contributed by atoms with Crippen LogP contribution in [-0.4, -0.2) is 20.4 Å². The van der Waals surface area contributed by atoms with Crippen LogP contribution in [0.25, 0.3) is 11.3 Å². The molecule has 0 unspecified atom stereocenters. The first-order valence-corrected chi connectivity index (χ1v) is 8.60. The SMILES string of the molecule is C=CC(=O)Nc1ccc(Nc2ncc(C(F)(F)F)cc2Cl)c(-c2cn(C)cn2)c1. The van der Waals surface area contributed by atoms with Crippen LogP contribution >= 0.6 is 11.6 Å². The molecule has 0 aliphatic carbocycles. The minimum Gasteiger partial charge on any atom is -0.340 e. The molecule has 0 saturated carbocycles. The van der Waals surface area contributed by atoms with Gasteiger partial charge in [0.25, 0.3) is 0 Å². The molecule has 0 radical (unpaired) electrons. The Hall–Kier alpha value is -3.33. The predicted octanol–water partition coefficient (Wildman–Crippen LogP) is 5.02. The van der Waals surface area contributed by atoms with Gasteiger partial charge in [-0.05, 0) is 30.3 Å². The number of pyridine rings is 1. The van der Waals surface area contributed by atoms with Crippen LogP contribution in [0.15, 0.2) is 55.6 Å². The Morgan fingerprint density at radius 1 is 1.28 bits per heavy atom. The average molecular weight is 422 g/mol. The highest BCUT2D eigenvalue weighted by Gasteiger charge is 2.31. The normalized spacial score (nSPS) is 11.2. The molecule has 6 nitrogen and oxygen atoms in total. The van der Waals surface area contributed by atoms with Crippen molar-refractivity contribution in [3.8, 4) is 11.3 Å². The number of hydrogen-bond donors (Lipinski definition) is 2. The summed E-state index contributed by atoms with van der Waals surface area (Å²) < 4.78 is 40.2. The van der Waals surface area contributed by atoms with Crippen LogP contribution in [0.3, 0.4) is 0 Å². The molecule has 10 heteroatoms. The molecule has 0 bridgehead atoms. The molecule has 0 saturated heterocycles. The fraction of sp³-hybridized carbons (Fsp3) is 0.105. The number of nitrogens with zero attached hydrogens (tertiary/aromatic N) is 3.